The molecule has 1 saturated heterocycles. The van der Waals surface area contributed by atoms with Gasteiger partial charge < -0.3 is 14.5 Å². The zero-order chi connectivity index (χ0) is 22.0. The fraction of sp³-hybridized carbons (Fsp3) is 0.450. The van der Waals surface area contributed by atoms with Crippen molar-refractivity contribution in [1.82, 2.24) is 24.6 Å². The number of halogens is 1. The normalized spacial score (nSPS) is 15.1. The maximum Gasteiger partial charge on any atom is 0.359 e. The van der Waals surface area contributed by atoms with Crippen LogP contribution >= 0.6 is 11.6 Å². The van der Waals surface area contributed by atoms with E-state index in [1.54, 1.807) is 26.6 Å². The topological polar surface area (TPSA) is 97.6 Å². The second-order valence-corrected chi connectivity index (χ2v) is 7.62. The third-order valence-corrected chi connectivity index (χ3v) is 5.22. The van der Waals surface area contributed by atoms with E-state index in [1.807, 2.05) is 19.9 Å². The number of hydrogen-bond acceptors (Lipinski definition) is 6. The number of rotatable bonds is 4. The van der Waals surface area contributed by atoms with Gasteiger partial charge in [0.2, 0.25) is 5.91 Å². The van der Waals surface area contributed by atoms with Crippen LogP contribution < -0.4 is 0 Å². The summed E-state index contributed by atoms with van der Waals surface area (Å²) in [6, 6.07) is 5.09. The average Bonchev–Trinajstić information content (AvgIpc) is 3.05. The van der Waals surface area contributed by atoms with Gasteiger partial charge in [-0.1, -0.05) is 11.6 Å². The van der Waals surface area contributed by atoms with Crippen molar-refractivity contribution in [2.24, 2.45) is 0 Å². The summed E-state index contributed by atoms with van der Waals surface area (Å²) in [6.45, 7) is 8.45. The maximum absolute atomic E-state index is 12.7. The summed E-state index contributed by atoms with van der Waals surface area (Å²) in [5.74, 6) is -0.704. The van der Waals surface area contributed by atoms with Gasteiger partial charge in [0.25, 0.3) is 5.91 Å². The zero-order valence-electron chi connectivity index (χ0n) is 17.4. The number of pyridine rings is 1. The Bertz CT molecular complexity index is 982. The van der Waals surface area contributed by atoms with Crippen molar-refractivity contribution in [3.63, 3.8) is 0 Å². The molecule has 2 aromatic rings. The monoisotopic (exact) mass is 433 g/mol. The molecule has 1 aliphatic heterocycles. The number of esters is 1. The fourth-order valence-corrected chi connectivity index (χ4v) is 3.50. The van der Waals surface area contributed by atoms with Crippen LogP contribution in [0.3, 0.4) is 0 Å². The van der Waals surface area contributed by atoms with Gasteiger partial charge in [-0.25, -0.2) is 14.5 Å². The van der Waals surface area contributed by atoms with Crippen LogP contribution in [-0.4, -0.2) is 74.6 Å². The Hall–Kier alpha value is -2.94. The summed E-state index contributed by atoms with van der Waals surface area (Å²) in [5, 5.41) is 4.47. The number of nitrogens with zero attached hydrogens (tertiary/aromatic N) is 5. The Kier molecular flexibility index (Phi) is 6.40. The number of amides is 2. The Morgan fingerprint density at radius 1 is 1.10 bits per heavy atom. The maximum atomic E-state index is 12.7. The molecule has 1 aliphatic rings. The quantitative estimate of drug-likeness (QED) is 0.681. The molecule has 1 atom stereocenters. The first-order valence-electron chi connectivity index (χ1n) is 9.63. The van der Waals surface area contributed by atoms with Crippen molar-refractivity contribution in [1.29, 1.82) is 0 Å². The molecule has 2 aromatic heterocycles. The number of aryl methyl sites for hydroxylation is 2. The first-order chi connectivity index (χ1) is 14.2. The number of ether oxygens (including phenoxy) is 1. The van der Waals surface area contributed by atoms with Crippen molar-refractivity contribution < 1.29 is 19.1 Å². The van der Waals surface area contributed by atoms with Gasteiger partial charge in [0.15, 0.2) is 17.6 Å². The Labute approximate surface area is 179 Å². The van der Waals surface area contributed by atoms with E-state index < -0.39 is 12.1 Å². The lowest BCUT2D eigenvalue weighted by Gasteiger charge is -2.35. The molecule has 0 aromatic carbocycles. The van der Waals surface area contributed by atoms with E-state index in [1.165, 1.54) is 13.8 Å². The molecule has 0 aliphatic carbocycles. The van der Waals surface area contributed by atoms with Gasteiger partial charge in [-0.15, -0.1) is 0 Å². The highest BCUT2D eigenvalue weighted by atomic mass is 35.5. The Morgan fingerprint density at radius 2 is 1.73 bits per heavy atom. The highest BCUT2D eigenvalue weighted by Gasteiger charge is 2.29. The minimum absolute atomic E-state index is 0.0233. The second kappa shape index (κ2) is 8.83. The fourth-order valence-electron chi connectivity index (χ4n) is 3.32. The second-order valence-electron chi connectivity index (χ2n) is 7.22. The predicted molar refractivity (Wildman–Crippen MR) is 110 cm³/mol. The van der Waals surface area contributed by atoms with Gasteiger partial charge in [-0.05, 0) is 39.0 Å². The molecule has 3 rings (SSSR count). The summed E-state index contributed by atoms with van der Waals surface area (Å²) in [4.78, 5) is 44.3. The van der Waals surface area contributed by atoms with Gasteiger partial charge >= 0.3 is 5.97 Å². The highest BCUT2D eigenvalue weighted by Crippen LogP contribution is 2.19. The number of carbonyl (C=O) groups excluding carboxylic acids is 3. The van der Waals surface area contributed by atoms with Crippen LogP contribution in [0.1, 0.15) is 35.7 Å². The third-order valence-electron chi connectivity index (χ3n) is 4.92. The number of carbonyl (C=O) groups is 3. The third kappa shape index (κ3) is 4.62. The smallest absolute Gasteiger partial charge is 0.359 e. The molecular weight excluding hydrogens is 410 g/mol. The van der Waals surface area contributed by atoms with Crippen LogP contribution in [0, 0.1) is 13.8 Å². The summed E-state index contributed by atoms with van der Waals surface area (Å²) in [7, 11) is 0. The molecule has 0 N–H and O–H groups in total. The number of piperazine rings is 1. The van der Waals surface area contributed by atoms with Crippen molar-refractivity contribution in [3.8, 4) is 5.82 Å². The first-order valence-corrected chi connectivity index (χ1v) is 10.0. The minimum Gasteiger partial charge on any atom is -0.448 e. The molecule has 0 radical (unpaired) electrons. The van der Waals surface area contributed by atoms with Crippen LogP contribution in [0.15, 0.2) is 18.2 Å². The molecule has 3 heterocycles. The molecule has 10 heteroatoms. The van der Waals surface area contributed by atoms with E-state index >= 15 is 0 Å². The first kappa shape index (κ1) is 21.8. The van der Waals surface area contributed by atoms with Gasteiger partial charge in [0, 0.05) is 38.8 Å². The summed E-state index contributed by atoms with van der Waals surface area (Å²) in [5.41, 5.74) is 1.59. The van der Waals surface area contributed by atoms with E-state index in [2.05, 4.69) is 10.1 Å². The molecule has 0 saturated carbocycles. The van der Waals surface area contributed by atoms with Crippen molar-refractivity contribution in [2.45, 2.75) is 33.8 Å². The molecule has 1 fully saturated rings. The summed E-state index contributed by atoms with van der Waals surface area (Å²) < 4.78 is 6.95. The lowest BCUT2D eigenvalue weighted by atomic mass is 10.2. The van der Waals surface area contributed by atoms with Crippen LogP contribution in [0.2, 0.25) is 5.02 Å². The lowest BCUT2D eigenvalue weighted by molar-refractivity contribution is -0.144. The molecule has 0 spiro atoms. The van der Waals surface area contributed by atoms with E-state index in [0.717, 1.165) is 11.4 Å². The highest BCUT2D eigenvalue weighted by molar-refractivity contribution is 6.33. The van der Waals surface area contributed by atoms with E-state index in [4.69, 9.17) is 16.3 Å². The molecular formula is C20H24ClN5O4. The van der Waals surface area contributed by atoms with Crippen LogP contribution in [0.4, 0.5) is 0 Å². The van der Waals surface area contributed by atoms with Crippen molar-refractivity contribution in [3.05, 3.63) is 40.3 Å². The predicted octanol–water partition coefficient (Wildman–Crippen LogP) is 1.77. The lowest BCUT2D eigenvalue weighted by Crippen LogP contribution is -2.52. The number of aromatic nitrogens is 3. The molecule has 1 unspecified atom stereocenters. The van der Waals surface area contributed by atoms with Gasteiger partial charge in [-0.2, -0.15) is 5.10 Å². The molecule has 30 heavy (non-hydrogen) atoms. The summed E-state index contributed by atoms with van der Waals surface area (Å²) in [6.07, 6.45) is -1.00. The van der Waals surface area contributed by atoms with Gasteiger partial charge in [-0.3, -0.25) is 9.59 Å². The van der Waals surface area contributed by atoms with Crippen LogP contribution in [-0.2, 0) is 14.3 Å². The Morgan fingerprint density at radius 3 is 2.30 bits per heavy atom. The molecule has 160 valence electrons. The Balaban J connectivity index is 1.69. The average molecular weight is 434 g/mol. The molecule has 2 amide bonds. The van der Waals surface area contributed by atoms with Crippen LogP contribution in [0.5, 0.6) is 0 Å². The SMILES string of the molecule is CC(=O)N1CCN(C(=O)C(C)OC(=O)c2nc(-n3nc(C)cc3C)ccc2Cl)CC1. The molecule has 9 nitrogen and oxygen atoms in total. The van der Waals surface area contributed by atoms with Crippen LogP contribution in [0.25, 0.3) is 5.82 Å². The number of hydrogen-bond donors (Lipinski definition) is 0. The van der Waals surface area contributed by atoms with E-state index in [0.29, 0.717) is 32.0 Å². The van der Waals surface area contributed by atoms with Gasteiger partial charge in [0.1, 0.15) is 0 Å². The largest absolute Gasteiger partial charge is 0.448 e. The van der Waals surface area contributed by atoms with Gasteiger partial charge in [0.05, 0.1) is 10.7 Å². The van der Waals surface area contributed by atoms with E-state index in [9.17, 15) is 14.4 Å². The standard InChI is InChI=1S/C20H24ClN5O4/c1-12-11-13(2)26(23-12)17-6-5-16(21)18(22-17)20(29)30-14(3)19(28)25-9-7-24(8-10-25)15(4)27/h5-6,11,14H,7-10H2,1-4H3. The zero-order valence-corrected chi connectivity index (χ0v) is 18.1. The van der Waals surface area contributed by atoms with Crippen molar-refractivity contribution >= 4 is 29.4 Å². The minimum atomic E-state index is -1.00. The van der Waals surface area contributed by atoms with E-state index in [-0.39, 0.29) is 22.5 Å². The van der Waals surface area contributed by atoms with Crippen molar-refractivity contribution in [2.75, 3.05) is 26.2 Å². The molecule has 0 bridgehead atoms. The summed E-state index contributed by atoms with van der Waals surface area (Å²) >= 11 is 6.16.